The Morgan fingerprint density at radius 3 is 1.88 bits per heavy atom. The second-order valence-electron chi connectivity index (χ2n) is 4.72. The van der Waals surface area contributed by atoms with Crippen molar-refractivity contribution in [3.63, 3.8) is 0 Å². The molecule has 0 amide bonds. The van der Waals surface area contributed by atoms with Crippen LogP contribution in [0.1, 0.15) is 16.4 Å². The Hall–Kier alpha value is -1.71. The average Bonchev–Trinajstić information content (AvgIpc) is 2.47. The first-order valence-corrected chi connectivity index (χ1v) is 8.51. The van der Waals surface area contributed by atoms with Crippen molar-refractivity contribution in [2.24, 2.45) is 0 Å². The summed E-state index contributed by atoms with van der Waals surface area (Å²) in [4.78, 5) is 0. The smallest absolute Gasteiger partial charge is 0.508 e. The largest absolute Gasteiger partial charge is 0.522 e. The Bertz CT molecular complexity index is 730. The molecule has 0 heterocycles. The summed E-state index contributed by atoms with van der Waals surface area (Å²) in [6, 6.07) is 17.5. The topological polar surface area (TPSA) is 74.6 Å². The fraction of sp³-hybridized carbons (Fsp3) is 0.200. The zero-order valence-corrected chi connectivity index (χ0v) is 13.9. The van der Waals surface area contributed by atoms with Gasteiger partial charge in [0.2, 0.25) is 0 Å². The van der Waals surface area contributed by atoms with E-state index in [-0.39, 0.29) is 5.25 Å². The minimum absolute atomic E-state index is 0.169. The van der Waals surface area contributed by atoms with Gasteiger partial charge in [-0.25, -0.2) is 0 Å². The molecule has 0 fully saturated rings. The molecule has 4 nitrogen and oxygen atoms in total. The molecule has 132 valence electrons. The zero-order chi connectivity index (χ0) is 18.4. The van der Waals surface area contributed by atoms with Crippen molar-refractivity contribution in [3.8, 4) is 5.75 Å². The van der Waals surface area contributed by atoms with E-state index in [1.54, 1.807) is 12.1 Å². The lowest BCUT2D eigenvalue weighted by Gasteiger charge is -2.11. The number of phenolic OH excluding ortho intramolecular Hbond substituents is 1. The number of thiol groups is 1. The molecular weight excluding hydrogens is 365 g/mol. The Kier molecular flexibility index (Phi) is 7.12. The Morgan fingerprint density at radius 1 is 1.00 bits per heavy atom. The van der Waals surface area contributed by atoms with Crippen LogP contribution in [0.15, 0.2) is 54.6 Å². The maximum atomic E-state index is 10.7. The number of hydrogen-bond acceptors (Lipinski definition) is 4. The van der Waals surface area contributed by atoms with E-state index in [2.05, 4.69) is 24.8 Å². The van der Waals surface area contributed by atoms with Crippen LogP contribution in [0, 0.1) is 0 Å². The molecule has 2 N–H and O–H groups in total. The van der Waals surface area contributed by atoms with Crippen LogP contribution >= 0.6 is 12.6 Å². The predicted molar refractivity (Wildman–Crippen MR) is 87.6 cm³/mol. The lowest BCUT2D eigenvalue weighted by atomic mass is 10.0. The molecule has 2 aromatic rings. The van der Waals surface area contributed by atoms with Crippen molar-refractivity contribution in [2.75, 3.05) is 0 Å². The van der Waals surface area contributed by atoms with Gasteiger partial charge in [0.05, 0.1) is 0 Å². The normalized spacial score (nSPS) is 12.9. The summed E-state index contributed by atoms with van der Waals surface area (Å²) in [6.07, 6.45) is 0.898. The molecule has 1 atom stereocenters. The summed E-state index contributed by atoms with van der Waals surface area (Å²) in [5, 5.41) is 9.37. The maximum absolute atomic E-state index is 10.7. The number of phenols is 1. The maximum Gasteiger partial charge on any atom is 0.522 e. The number of alkyl halides is 3. The van der Waals surface area contributed by atoms with Crippen LogP contribution in [0.5, 0.6) is 5.75 Å². The quantitative estimate of drug-likeness (QED) is 0.427. The Morgan fingerprint density at radius 2 is 1.46 bits per heavy atom. The molecule has 0 spiro atoms. The number of aromatic hydroxyl groups is 1. The fourth-order valence-corrected chi connectivity index (χ4v) is 2.03. The van der Waals surface area contributed by atoms with Gasteiger partial charge in [-0.3, -0.25) is 4.55 Å². The highest BCUT2D eigenvalue weighted by Crippen LogP contribution is 2.25. The molecule has 0 aliphatic heterocycles. The third-order valence-corrected chi connectivity index (χ3v) is 3.91. The molecule has 0 aliphatic rings. The van der Waals surface area contributed by atoms with E-state index in [1.807, 2.05) is 30.3 Å². The highest BCUT2D eigenvalue weighted by molar-refractivity contribution is 7.86. The summed E-state index contributed by atoms with van der Waals surface area (Å²) in [7, 11) is -5.84. The lowest BCUT2D eigenvalue weighted by molar-refractivity contribution is -0.0510. The van der Waals surface area contributed by atoms with Gasteiger partial charge in [-0.15, -0.1) is 0 Å². The highest BCUT2D eigenvalue weighted by atomic mass is 32.2. The van der Waals surface area contributed by atoms with E-state index in [1.165, 1.54) is 5.56 Å². The molecule has 2 rings (SSSR count). The first-order valence-electron chi connectivity index (χ1n) is 6.55. The van der Waals surface area contributed by atoms with Gasteiger partial charge in [0.15, 0.2) is 0 Å². The van der Waals surface area contributed by atoms with Crippen LogP contribution in [0.2, 0.25) is 0 Å². The molecule has 2 aromatic carbocycles. The first kappa shape index (κ1) is 20.3. The van der Waals surface area contributed by atoms with Gasteiger partial charge >= 0.3 is 15.6 Å². The summed E-state index contributed by atoms with van der Waals surface area (Å²) in [5.41, 5.74) is -3.13. The molecule has 0 aliphatic carbocycles. The van der Waals surface area contributed by atoms with Crippen LogP contribution in [0.3, 0.4) is 0 Å². The van der Waals surface area contributed by atoms with E-state index in [0.29, 0.717) is 5.75 Å². The van der Waals surface area contributed by atoms with Gasteiger partial charge in [0.1, 0.15) is 5.75 Å². The molecule has 9 heteroatoms. The van der Waals surface area contributed by atoms with Gasteiger partial charge in [-0.1, -0.05) is 42.5 Å². The SMILES string of the molecule is O=S(=O)(O)C(F)(F)F.Oc1ccc(C(S)Cc2ccccc2)cc1. The predicted octanol–water partition coefficient (Wildman–Crippen LogP) is 4.00. The molecule has 24 heavy (non-hydrogen) atoms. The number of hydrogen-bond donors (Lipinski definition) is 3. The average molecular weight is 380 g/mol. The first-order chi connectivity index (χ1) is 11.0. The third-order valence-electron chi connectivity index (χ3n) is 2.84. The van der Waals surface area contributed by atoms with Crippen molar-refractivity contribution in [3.05, 3.63) is 65.7 Å². The van der Waals surface area contributed by atoms with Crippen molar-refractivity contribution in [1.82, 2.24) is 0 Å². The van der Waals surface area contributed by atoms with Crippen LogP contribution < -0.4 is 0 Å². The zero-order valence-electron chi connectivity index (χ0n) is 12.2. The Labute approximate surface area is 143 Å². The van der Waals surface area contributed by atoms with Gasteiger partial charge in [0.25, 0.3) is 0 Å². The second kappa shape index (κ2) is 8.41. The summed E-state index contributed by atoms with van der Waals surface area (Å²) < 4.78 is 57.5. The molecule has 1 unspecified atom stereocenters. The van der Waals surface area contributed by atoms with Crippen LogP contribution in [0.25, 0.3) is 0 Å². The van der Waals surface area contributed by atoms with E-state index in [9.17, 15) is 18.3 Å². The molecule has 0 aromatic heterocycles. The number of halogens is 3. The van der Waals surface area contributed by atoms with Crippen LogP contribution in [-0.2, 0) is 16.5 Å². The third kappa shape index (κ3) is 6.81. The lowest BCUT2D eigenvalue weighted by Crippen LogP contribution is -2.21. The summed E-state index contributed by atoms with van der Waals surface area (Å²) in [6.45, 7) is 0. The summed E-state index contributed by atoms with van der Waals surface area (Å²) >= 11 is 4.58. The highest BCUT2D eigenvalue weighted by Gasteiger charge is 2.44. The minimum atomic E-state index is -5.84. The molecule has 0 saturated carbocycles. The van der Waals surface area contributed by atoms with Gasteiger partial charge < -0.3 is 5.11 Å². The van der Waals surface area contributed by atoms with Crippen molar-refractivity contribution < 1.29 is 31.2 Å². The number of rotatable bonds is 3. The van der Waals surface area contributed by atoms with E-state index in [4.69, 9.17) is 13.0 Å². The second-order valence-corrected chi connectivity index (χ2v) is 6.75. The molecule has 0 bridgehead atoms. The van der Waals surface area contributed by atoms with Crippen LogP contribution in [-0.4, -0.2) is 23.6 Å². The van der Waals surface area contributed by atoms with Gasteiger partial charge in [-0.05, 0) is 29.7 Å². The molecular formula is C15H15F3O4S2. The molecule has 0 radical (unpaired) electrons. The van der Waals surface area contributed by atoms with Gasteiger partial charge in [-0.2, -0.15) is 34.2 Å². The molecule has 0 saturated heterocycles. The van der Waals surface area contributed by atoms with E-state index < -0.39 is 15.6 Å². The fourth-order valence-electron chi connectivity index (χ4n) is 1.65. The van der Waals surface area contributed by atoms with Crippen LogP contribution in [0.4, 0.5) is 13.2 Å². The standard InChI is InChI=1S/C14H14OS.CHF3O3S/c15-13-8-6-12(7-9-13)14(16)10-11-4-2-1-3-5-11;2-1(3,4)8(5,6)7/h1-9,14-16H,10H2;(H,5,6,7). The van der Waals surface area contributed by atoms with Gasteiger partial charge in [0, 0.05) is 5.25 Å². The summed E-state index contributed by atoms with van der Waals surface area (Å²) in [5.74, 6) is 0.295. The van der Waals surface area contributed by atoms with Crippen molar-refractivity contribution in [2.45, 2.75) is 17.2 Å². The Balaban J connectivity index is 0.000000307. The van der Waals surface area contributed by atoms with E-state index in [0.717, 1.165) is 12.0 Å². The van der Waals surface area contributed by atoms with Crippen molar-refractivity contribution in [1.29, 1.82) is 0 Å². The number of benzene rings is 2. The minimum Gasteiger partial charge on any atom is -0.508 e. The monoisotopic (exact) mass is 380 g/mol. The van der Waals surface area contributed by atoms with E-state index >= 15 is 0 Å². The van der Waals surface area contributed by atoms with Crippen molar-refractivity contribution >= 4 is 22.7 Å².